The number of hydrogen-bond donors (Lipinski definition) is 1. The van der Waals surface area contributed by atoms with Crippen LogP contribution in [0, 0.1) is 0 Å². The van der Waals surface area contributed by atoms with Gasteiger partial charge in [0.15, 0.2) is 0 Å². The zero-order chi connectivity index (χ0) is 19.9. The Morgan fingerprint density at radius 2 is 2.04 bits per heavy atom. The van der Waals surface area contributed by atoms with Crippen molar-refractivity contribution in [2.24, 2.45) is 0 Å². The molecule has 0 saturated heterocycles. The SMILES string of the molecule is CCCN(CC(=O)Nc1ccccc1OC)Cc1cc(Cl)cc2cccnc12. The largest absolute Gasteiger partial charge is 0.495 e. The van der Waals surface area contributed by atoms with Crippen LogP contribution in [0.1, 0.15) is 18.9 Å². The first-order chi connectivity index (χ1) is 13.6. The van der Waals surface area contributed by atoms with Crippen molar-refractivity contribution in [3.8, 4) is 5.75 Å². The fourth-order valence-electron chi connectivity index (χ4n) is 3.26. The van der Waals surface area contributed by atoms with Crippen LogP contribution in [0.4, 0.5) is 5.69 Å². The molecule has 0 radical (unpaired) electrons. The molecular weight excluding hydrogens is 374 g/mol. The number of nitrogens with one attached hydrogen (secondary N) is 1. The zero-order valence-electron chi connectivity index (χ0n) is 16.1. The number of halogens is 1. The molecule has 0 aliphatic carbocycles. The van der Waals surface area contributed by atoms with Gasteiger partial charge in [0.1, 0.15) is 5.75 Å². The van der Waals surface area contributed by atoms with Gasteiger partial charge in [0.2, 0.25) is 5.91 Å². The summed E-state index contributed by atoms with van der Waals surface area (Å²) in [5, 5.41) is 4.61. The van der Waals surface area contributed by atoms with Crippen molar-refractivity contribution in [2.45, 2.75) is 19.9 Å². The molecule has 3 rings (SSSR count). The van der Waals surface area contributed by atoms with Crippen molar-refractivity contribution in [3.05, 3.63) is 65.3 Å². The second-order valence-electron chi connectivity index (χ2n) is 6.60. The maximum atomic E-state index is 12.6. The number of carbonyl (C=O) groups excluding carboxylic acids is 1. The number of aromatic nitrogens is 1. The van der Waals surface area contributed by atoms with E-state index in [-0.39, 0.29) is 12.5 Å². The van der Waals surface area contributed by atoms with E-state index in [9.17, 15) is 4.79 Å². The molecule has 0 fully saturated rings. The van der Waals surface area contributed by atoms with Crippen LogP contribution in [0.2, 0.25) is 5.02 Å². The first-order valence-corrected chi connectivity index (χ1v) is 9.67. The summed E-state index contributed by atoms with van der Waals surface area (Å²) in [6.45, 7) is 3.76. The van der Waals surface area contributed by atoms with Crippen LogP contribution in [0.5, 0.6) is 5.75 Å². The number of carbonyl (C=O) groups is 1. The fourth-order valence-corrected chi connectivity index (χ4v) is 3.51. The van der Waals surface area contributed by atoms with Crippen LogP contribution in [-0.2, 0) is 11.3 Å². The van der Waals surface area contributed by atoms with Gasteiger partial charge in [-0.1, -0.05) is 36.7 Å². The first-order valence-electron chi connectivity index (χ1n) is 9.29. The van der Waals surface area contributed by atoms with Crippen LogP contribution in [-0.4, -0.2) is 36.0 Å². The molecule has 0 bridgehead atoms. The van der Waals surface area contributed by atoms with Crippen LogP contribution in [0.25, 0.3) is 10.9 Å². The normalized spacial score (nSPS) is 11.0. The van der Waals surface area contributed by atoms with Crippen molar-refractivity contribution >= 4 is 34.1 Å². The molecular formula is C22H24ClN3O2. The average molecular weight is 398 g/mol. The lowest BCUT2D eigenvalue weighted by Gasteiger charge is -2.22. The number of methoxy groups -OCH3 is 1. The van der Waals surface area contributed by atoms with Gasteiger partial charge in [0.25, 0.3) is 0 Å². The molecule has 1 N–H and O–H groups in total. The number of ether oxygens (including phenoxy) is 1. The molecule has 1 amide bonds. The Balaban J connectivity index is 1.76. The minimum Gasteiger partial charge on any atom is -0.495 e. The summed E-state index contributed by atoms with van der Waals surface area (Å²) < 4.78 is 5.30. The molecule has 3 aromatic rings. The Hall–Kier alpha value is -2.63. The van der Waals surface area contributed by atoms with E-state index >= 15 is 0 Å². The number of hydrogen-bond acceptors (Lipinski definition) is 4. The second-order valence-corrected chi connectivity index (χ2v) is 7.04. The van der Waals surface area contributed by atoms with E-state index in [1.54, 1.807) is 13.3 Å². The van der Waals surface area contributed by atoms with E-state index in [0.717, 1.165) is 29.4 Å². The van der Waals surface area contributed by atoms with Gasteiger partial charge in [-0.2, -0.15) is 0 Å². The number of fused-ring (bicyclic) bond motifs is 1. The Morgan fingerprint density at radius 3 is 2.82 bits per heavy atom. The van der Waals surface area contributed by atoms with Crippen molar-refractivity contribution < 1.29 is 9.53 Å². The van der Waals surface area contributed by atoms with E-state index in [2.05, 4.69) is 22.1 Å². The molecule has 0 aliphatic heterocycles. The number of nitrogens with zero attached hydrogens (tertiary/aromatic N) is 2. The van der Waals surface area contributed by atoms with Gasteiger partial charge < -0.3 is 10.1 Å². The van der Waals surface area contributed by atoms with Gasteiger partial charge in [-0.3, -0.25) is 14.7 Å². The monoisotopic (exact) mass is 397 g/mol. The van der Waals surface area contributed by atoms with Crippen LogP contribution in [0.15, 0.2) is 54.7 Å². The highest BCUT2D eigenvalue weighted by Gasteiger charge is 2.15. The van der Waals surface area contributed by atoms with E-state index in [4.69, 9.17) is 16.3 Å². The van der Waals surface area contributed by atoms with Gasteiger partial charge in [-0.05, 0) is 48.9 Å². The summed E-state index contributed by atoms with van der Waals surface area (Å²) in [5.41, 5.74) is 2.60. The van der Waals surface area contributed by atoms with Crippen LogP contribution < -0.4 is 10.1 Å². The number of anilines is 1. The average Bonchev–Trinajstić information content (AvgIpc) is 2.68. The van der Waals surface area contributed by atoms with Crippen molar-refractivity contribution in [2.75, 3.05) is 25.5 Å². The number of amides is 1. The molecule has 146 valence electrons. The second kappa shape index (κ2) is 9.53. The van der Waals surface area contributed by atoms with Gasteiger partial charge in [-0.25, -0.2) is 0 Å². The van der Waals surface area contributed by atoms with Crippen LogP contribution >= 0.6 is 11.6 Å². The third-order valence-corrected chi connectivity index (χ3v) is 4.65. The maximum absolute atomic E-state index is 12.6. The Bertz CT molecular complexity index is 961. The third-order valence-electron chi connectivity index (χ3n) is 4.43. The summed E-state index contributed by atoms with van der Waals surface area (Å²) in [6.07, 6.45) is 2.71. The molecule has 0 spiro atoms. The van der Waals surface area contributed by atoms with Crippen LogP contribution in [0.3, 0.4) is 0 Å². The fraction of sp³-hybridized carbons (Fsp3) is 0.273. The predicted molar refractivity (Wildman–Crippen MR) is 114 cm³/mol. The minimum atomic E-state index is -0.0859. The van der Waals surface area contributed by atoms with E-state index in [1.165, 1.54) is 0 Å². The first kappa shape index (κ1) is 20.1. The summed E-state index contributed by atoms with van der Waals surface area (Å²) in [4.78, 5) is 19.2. The molecule has 0 aliphatic rings. The number of pyridine rings is 1. The van der Waals surface area contributed by atoms with Gasteiger partial charge in [0.05, 0.1) is 24.9 Å². The lowest BCUT2D eigenvalue weighted by atomic mass is 10.1. The molecule has 0 atom stereocenters. The lowest BCUT2D eigenvalue weighted by molar-refractivity contribution is -0.117. The van der Waals surface area contributed by atoms with Crippen molar-refractivity contribution in [3.63, 3.8) is 0 Å². The van der Waals surface area contributed by atoms with E-state index in [1.807, 2.05) is 48.5 Å². The molecule has 1 heterocycles. The van der Waals surface area contributed by atoms with Gasteiger partial charge in [0, 0.05) is 23.2 Å². The molecule has 6 heteroatoms. The highest BCUT2D eigenvalue weighted by Crippen LogP contribution is 2.25. The molecule has 1 aromatic heterocycles. The third kappa shape index (κ3) is 5.00. The van der Waals surface area contributed by atoms with Crippen molar-refractivity contribution in [1.29, 1.82) is 0 Å². The number of rotatable bonds is 8. The maximum Gasteiger partial charge on any atom is 0.238 e. The smallest absolute Gasteiger partial charge is 0.238 e. The molecule has 0 unspecified atom stereocenters. The Morgan fingerprint density at radius 1 is 1.21 bits per heavy atom. The molecule has 0 saturated carbocycles. The molecule has 5 nitrogen and oxygen atoms in total. The summed E-state index contributed by atoms with van der Waals surface area (Å²) >= 11 is 6.29. The van der Waals surface area contributed by atoms with Crippen molar-refractivity contribution in [1.82, 2.24) is 9.88 Å². The highest BCUT2D eigenvalue weighted by atomic mass is 35.5. The van der Waals surface area contributed by atoms with Gasteiger partial charge in [-0.15, -0.1) is 0 Å². The number of benzene rings is 2. The summed E-state index contributed by atoms with van der Waals surface area (Å²) in [5.74, 6) is 0.556. The predicted octanol–water partition coefficient (Wildman–Crippen LogP) is 4.75. The summed E-state index contributed by atoms with van der Waals surface area (Å²) in [7, 11) is 1.59. The molecule has 28 heavy (non-hydrogen) atoms. The van der Waals surface area contributed by atoms with E-state index in [0.29, 0.717) is 23.0 Å². The quantitative estimate of drug-likeness (QED) is 0.596. The highest BCUT2D eigenvalue weighted by molar-refractivity contribution is 6.31. The van der Waals surface area contributed by atoms with Gasteiger partial charge >= 0.3 is 0 Å². The number of para-hydroxylation sites is 2. The standard InChI is InChI=1S/C22H24ClN3O2/c1-3-11-26(15-21(27)25-19-8-4-5-9-20(19)28-2)14-17-13-18(23)12-16-7-6-10-24-22(16)17/h4-10,12-13H,3,11,14-15H2,1-2H3,(H,25,27). The lowest BCUT2D eigenvalue weighted by Crippen LogP contribution is -2.33. The Kier molecular flexibility index (Phi) is 6.85. The summed E-state index contributed by atoms with van der Waals surface area (Å²) in [6, 6.07) is 15.1. The molecule has 2 aromatic carbocycles. The zero-order valence-corrected chi connectivity index (χ0v) is 16.9. The topological polar surface area (TPSA) is 54.5 Å². The van der Waals surface area contributed by atoms with E-state index < -0.39 is 0 Å². The Labute approximate surface area is 170 Å². The minimum absolute atomic E-state index is 0.0859.